The molecule has 0 aliphatic carbocycles. The first-order chi connectivity index (χ1) is 22.1. The smallest absolute Gasteiger partial charge is 0.338 e. The lowest BCUT2D eigenvalue weighted by molar-refractivity contribution is -0.139. The highest BCUT2D eigenvalue weighted by molar-refractivity contribution is 14.1. The van der Waals surface area contributed by atoms with E-state index < -0.39 is 23.9 Å². The van der Waals surface area contributed by atoms with Crippen LogP contribution in [0.1, 0.15) is 36.6 Å². The van der Waals surface area contributed by atoms with E-state index >= 15 is 0 Å². The van der Waals surface area contributed by atoms with Crippen LogP contribution in [0.4, 0.5) is 4.79 Å². The van der Waals surface area contributed by atoms with Crippen LogP contribution in [0.15, 0.2) is 71.0 Å². The largest absolute Gasteiger partial charge is 0.493 e. The number of halogens is 2. The molecule has 0 saturated carbocycles. The Morgan fingerprint density at radius 2 is 1.72 bits per heavy atom. The van der Waals surface area contributed by atoms with Crippen LogP contribution < -0.4 is 35.0 Å². The third-order valence-electron chi connectivity index (χ3n) is 6.60. The van der Waals surface area contributed by atoms with Crippen LogP contribution in [0.25, 0.3) is 0 Å². The van der Waals surface area contributed by atoms with E-state index in [-0.39, 0.29) is 24.5 Å². The molecule has 0 aromatic heterocycles. The Morgan fingerprint density at radius 1 is 0.978 bits per heavy atom. The molecule has 0 spiro atoms. The number of amides is 3. The lowest BCUT2D eigenvalue weighted by Gasteiger charge is -2.28. The first kappa shape index (κ1) is 34.8. The minimum absolute atomic E-state index is 0.183. The summed E-state index contributed by atoms with van der Waals surface area (Å²) in [5.41, 5.74) is 5.39. The summed E-state index contributed by atoms with van der Waals surface area (Å²) in [7, 11) is 3.00. The van der Waals surface area contributed by atoms with E-state index in [4.69, 9.17) is 23.7 Å². The second-order valence-corrected chi connectivity index (χ2v) is 12.1. The molecule has 242 valence electrons. The van der Waals surface area contributed by atoms with E-state index in [0.29, 0.717) is 40.7 Å². The van der Waals surface area contributed by atoms with Crippen LogP contribution in [0.2, 0.25) is 0 Å². The van der Waals surface area contributed by atoms with E-state index in [1.165, 1.54) is 13.3 Å². The molecule has 3 aromatic carbocycles. The Balaban J connectivity index is 1.37. The number of carbonyl (C=O) groups is 3. The van der Waals surface area contributed by atoms with Gasteiger partial charge in [0, 0.05) is 9.27 Å². The molecule has 1 aliphatic heterocycles. The van der Waals surface area contributed by atoms with Gasteiger partial charge in [-0.05, 0) is 112 Å². The van der Waals surface area contributed by atoms with Gasteiger partial charge in [0.2, 0.25) is 0 Å². The average molecular weight is 854 g/mol. The number of nitrogens with zero attached hydrogens (tertiary/aromatic N) is 1. The minimum Gasteiger partial charge on any atom is -0.493 e. The van der Waals surface area contributed by atoms with Crippen molar-refractivity contribution in [2.75, 3.05) is 27.4 Å². The van der Waals surface area contributed by atoms with E-state index in [2.05, 4.69) is 66.3 Å². The predicted octanol–water partition coefficient (Wildman–Crippen LogP) is 5.21. The number of urea groups is 1. The Labute approximate surface area is 293 Å². The molecule has 3 amide bonds. The fraction of sp³-hybridized carbons (Fsp3) is 0.250. The Bertz CT molecular complexity index is 1660. The number of hydrogen-bond donors (Lipinski definition) is 3. The van der Waals surface area contributed by atoms with Gasteiger partial charge in [-0.15, -0.1) is 0 Å². The molecule has 14 heteroatoms. The number of rotatable bonds is 13. The molecule has 1 heterocycles. The second kappa shape index (κ2) is 16.5. The number of benzene rings is 3. The SMILES string of the molecule is CCOC(=O)C1=C(C)NC(=O)N[C@@H]1c1ccc(OCC(=O)N/N=C\c2cc(I)c(OCc3ccc(I)cc3)c(OC)c2)c(OC)c1. The first-order valence-corrected chi connectivity index (χ1v) is 16.1. The molecule has 1 aliphatic rings. The number of allylic oxidation sites excluding steroid dienone is 1. The molecule has 0 fully saturated rings. The molecule has 3 N–H and O–H groups in total. The summed E-state index contributed by atoms with van der Waals surface area (Å²) >= 11 is 4.42. The van der Waals surface area contributed by atoms with Gasteiger partial charge in [-0.2, -0.15) is 5.10 Å². The predicted molar refractivity (Wildman–Crippen MR) is 187 cm³/mol. The van der Waals surface area contributed by atoms with Gasteiger partial charge in [-0.3, -0.25) is 4.79 Å². The summed E-state index contributed by atoms with van der Waals surface area (Å²) in [5, 5.41) is 9.38. The maximum Gasteiger partial charge on any atom is 0.338 e. The molecular formula is C32H32I2N4O8. The zero-order valence-electron chi connectivity index (χ0n) is 25.4. The van der Waals surface area contributed by atoms with Gasteiger partial charge in [0.15, 0.2) is 29.6 Å². The van der Waals surface area contributed by atoms with Crippen molar-refractivity contribution in [3.8, 4) is 23.0 Å². The van der Waals surface area contributed by atoms with Gasteiger partial charge in [0.25, 0.3) is 5.91 Å². The Morgan fingerprint density at radius 3 is 2.41 bits per heavy atom. The van der Waals surface area contributed by atoms with E-state index in [1.807, 2.05) is 30.3 Å². The van der Waals surface area contributed by atoms with Crippen LogP contribution in [-0.2, 0) is 20.9 Å². The fourth-order valence-electron chi connectivity index (χ4n) is 4.45. The molecule has 0 bridgehead atoms. The summed E-state index contributed by atoms with van der Waals surface area (Å²) in [6, 6.07) is 15.3. The number of hydrogen-bond acceptors (Lipinski definition) is 9. The van der Waals surface area contributed by atoms with Gasteiger partial charge in [0.1, 0.15) is 6.61 Å². The molecule has 3 aromatic rings. The van der Waals surface area contributed by atoms with Crippen molar-refractivity contribution in [3.63, 3.8) is 0 Å². The average Bonchev–Trinajstić information content (AvgIpc) is 3.03. The van der Waals surface area contributed by atoms with Crippen molar-refractivity contribution in [2.24, 2.45) is 5.10 Å². The maximum absolute atomic E-state index is 12.6. The van der Waals surface area contributed by atoms with Crippen LogP contribution in [0.3, 0.4) is 0 Å². The molecule has 0 saturated heterocycles. The van der Waals surface area contributed by atoms with Crippen molar-refractivity contribution < 1.29 is 38.1 Å². The van der Waals surface area contributed by atoms with E-state index in [1.54, 1.807) is 45.2 Å². The normalized spacial score (nSPS) is 14.3. The first-order valence-electron chi connectivity index (χ1n) is 14.0. The molecule has 46 heavy (non-hydrogen) atoms. The highest BCUT2D eigenvalue weighted by Gasteiger charge is 2.32. The number of nitrogens with one attached hydrogen (secondary N) is 3. The Hall–Kier alpha value is -4.06. The second-order valence-electron chi connectivity index (χ2n) is 9.73. The molecule has 0 unspecified atom stereocenters. The molecular weight excluding hydrogens is 822 g/mol. The fourth-order valence-corrected chi connectivity index (χ4v) is 5.59. The highest BCUT2D eigenvalue weighted by atomic mass is 127. The summed E-state index contributed by atoms with van der Waals surface area (Å²) in [5.74, 6) is 0.673. The maximum atomic E-state index is 12.6. The van der Waals surface area contributed by atoms with Gasteiger partial charge >= 0.3 is 12.0 Å². The third-order valence-corrected chi connectivity index (χ3v) is 8.12. The number of hydrazone groups is 1. The van der Waals surface area contributed by atoms with Crippen molar-refractivity contribution in [3.05, 3.63) is 89.7 Å². The topological polar surface area (TPSA) is 146 Å². The van der Waals surface area contributed by atoms with Gasteiger partial charge in [-0.1, -0.05) is 18.2 Å². The standard InChI is InChI=1S/C32H32I2N4O8/c1-5-44-31(40)28-18(2)36-32(41)37-29(28)21-8-11-24(25(14-21)42-3)45-17-27(39)38-35-15-20-12-23(34)30(26(13-20)43-4)46-16-19-6-9-22(33)10-7-19/h6-15,29H,5,16-17H2,1-4H3,(H,38,39)(H2,36,37,41)/b35-15-/t29-/m1/s1. The molecule has 1 atom stereocenters. The number of methoxy groups -OCH3 is 2. The van der Waals surface area contributed by atoms with Gasteiger partial charge < -0.3 is 34.3 Å². The van der Waals surface area contributed by atoms with Gasteiger partial charge in [-0.25, -0.2) is 15.0 Å². The molecule has 0 radical (unpaired) electrons. The molecule has 12 nitrogen and oxygen atoms in total. The lowest BCUT2D eigenvalue weighted by atomic mass is 9.95. The van der Waals surface area contributed by atoms with Crippen LogP contribution >= 0.6 is 45.2 Å². The van der Waals surface area contributed by atoms with E-state index in [9.17, 15) is 14.4 Å². The summed E-state index contributed by atoms with van der Waals surface area (Å²) in [6.45, 7) is 3.55. The quantitative estimate of drug-likeness (QED) is 0.0921. The minimum atomic E-state index is -0.774. The van der Waals surface area contributed by atoms with Crippen molar-refractivity contribution in [1.29, 1.82) is 0 Å². The van der Waals surface area contributed by atoms with Gasteiger partial charge in [0.05, 0.1) is 42.2 Å². The number of carbonyl (C=O) groups excluding carboxylic acids is 3. The van der Waals surface area contributed by atoms with E-state index in [0.717, 1.165) is 12.7 Å². The lowest BCUT2D eigenvalue weighted by Crippen LogP contribution is -2.45. The summed E-state index contributed by atoms with van der Waals surface area (Å²) in [4.78, 5) is 37.3. The van der Waals surface area contributed by atoms with Crippen molar-refractivity contribution >= 4 is 69.3 Å². The van der Waals surface area contributed by atoms with Crippen molar-refractivity contribution in [1.82, 2.24) is 16.1 Å². The van der Waals surface area contributed by atoms with Crippen LogP contribution in [0.5, 0.6) is 23.0 Å². The van der Waals surface area contributed by atoms with Crippen molar-refractivity contribution in [2.45, 2.75) is 26.5 Å². The molecule has 4 rings (SSSR count). The van der Waals surface area contributed by atoms with Crippen LogP contribution in [-0.4, -0.2) is 51.6 Å². The number of ether oxygens (including phenoxy) is 5. The zero-order valence-corrected chi connectivity index (χ0v) is 29.8. The third kappa shape index (κ3) is 9.02. The number of esters is 1. The Kier molecular flexibility index (Phi) is 12.5. The summed E-state index contributed by atoms with van der Waals surface area (Å²) < 4.78 is 29.9. The monoisotopic (exact) mass is 854 g/mol. The summed E-state index contributed by atoms with van der Waals surface area (Å²) in [6.07, 6.45) is 1.49. The zero-order chi connectivity index (χ0) is 33.2. The highest BCUT2D eigenvalue weighted by Crippen LogP contribution is 2.35. The van der Waals surface area contributed by atoms with Crippen LogP contribution in [0, 0.1) is 7.14 Å².